The van der Waals surface area contributed by atoms with Gasteiger partial charge in [-0.3, -0.25) is 9.59 Å². The Bertz CT molecular complexity index is 1130. The number of nitrogens with zero attached hydrogens (tertiary/aromatic N) is 1. The summed E-state index contributed by atoms with van der Waals surface area (Å²) in [5, 5.41) is 3.83. The van der Waals surface area contributed by atoms with Crippen LogP contribution in [0.5, 0.6) is 0 Å². The molecule has 0 fully saturated rings. The Kier molecular flexibility index (Phi) is 5.52. The van der Waals surface area contributed by atoms with Crippen molar-refractivity contribution in [3.63, 3.8) is 0 Å². The molecule has 29 heavy (non-hydrogen) atoms. The van der Waals surface area contributed by atoms with Crippen LogP contribution >= 0.6 is 0 Å². The lowest BCUT2D eigenvalue weighted by Gasteiger charge is -2.07. The molecule has 0 unspecified atom stereocenters. The molecule has 144 valence electrons. The molecule has 4 heteroatoms. The Morgan fingerprint density at radius 2 is 1.45 bits per heavy atom. The van der Waals surface area contributed by atoms with Gasteiger partial charge in [0.05, 0.1) is 0 Å². The third-order valence-electron chi connectivity index (χ3n) is 4.96. The van der Waals surface area contributed by atoms with Gasteiger partial charge in [0.1, 0.15) is 6.54 Å². The Hall–Kier alpha value is -3.66. The van der Waals surface area contributed by atoms with Crippen LogP contribution < -0.4 is 5.32 Å². The molecule has 4 nitrogen and oxygen atoms in total. The number of benzene rings is 3. The molecule has 4 rings (SSSR count). The fraction of sp³-hybridized carbons (Fsp3) is 0.120. The maximum absolute atomic E-state index is 13.0. The molecule has 0 aliphatic heterocycles. The topological polar surface area (TPSA) is 51.1 Å². The maximum atomic E-state index is 13.0. The molecule has 1 aromatic heterocycles. The highest BCUT2D eigenvalue weighted by molar-refractivity contribution is 6.16. The summed E-state index contributed by atoms with van der Waals surface area (Å²) in [6.07, 6.45) is 2.58. The van der Waals surface area contributed by atoms with E-state index in [0.717, 1.165) is 17.3 Å². The summed E-state index contributed by atoms with van der Waals surface area (Å²) in [6.45, 7) is 0.759. The van der Waals surface area contributed by atoms with Crippen LogP contribution in [0.1, 0.15) is 21.5 Å². The highest BCUT2D eigenvalue weighted by Crippen LogP contribution is 2.24. The van der Waals surface area contributed by atoms with E-state index in [0.29, 0.717) is 17.7 Å². The van der Waals surface area contributed by atoms with Crippen LogP contribution in [0, 0.1) is 0 Å². The predicted molar refractivity (Wildman–Crippen MR) is 115 cm³/mol. The lowest BCUT2D eigenvalue weighted by atomic mass is 10.0. The number of para-hydroxylation sites is 1. The summed E-state index contributed by atoms with van der Waals surface area (Å²) >= 11 is 0. The average Bonchev–Trinajstić information content (AvgIpc) is 3.13. The van der Waals surface area contributed by atoms with Gasteiger partial charge in [0, 0.05) is 34.8 Å². The van der Waals surface area contributed by atoms with Crippen molar-refractivity contribution in [1.82, 2.24) is 9.88 Å². The number of hydrogen-bond donors (Lipinski definition) is 1. The van der Waals surface area contributed by atoms with Crippen molar-refractivity contribution in [3.05, 3.63) is 108 Å². The number of rotatable bonds is 7. The molecule has 0 radical (unpaired) electrons. The number of amides is 1. The van der Waals surface area contributed by atoms with Crippen LogP contribution in [0.3, 0.4) is 0 Å². The molecule has 0 aliphatic carbocycles. The van der Waals surface area contributed by atoms with Gasteiger partial charge in [-0.15, -0.1) is 0 Å². The van der Waals surface area contributed by atoms with E-state index in [9.17, 15) is 9.59 Å². The fourth-order valence-corrected chi connectivity index (χ4v) is 3.51. The van der Waals surface area contributed by atoms with Gasteiger partial charge in [-0.2, -0.15) is 0 Å². The first-order valence-corrected chi connectivity index (χ1v) is 9.70. The molecular formula is C25H22N2O2. The number of hydrogen-bond acceptors (Lipinski definition) is 2. The van der Waals surface area contributed by atoms with Crippen LogP contribution in [-0.4, -0.2) is 22.8 Å². The largest absolute Gasteiger partial charge is 0.354 e. The van der Waals surface area contributed by atoms with Gasteiger partial charge in [0.2, 0.25) is 5.91 Å². The molecule has 1 amide bonds. The molecule has 0 saturated carbocycles. The zero-order valence-electron chi connectivity index (χ0n) is 16.0. The number of nitrogens with one attached hydrogen (secondary N) is 1. The van der Waals surface area contributed by atoms with Crippen molar-refractivity contribution >= 4 is 22.6 Å². The second-order valence-corrected chi connectivity index (χ2v) is 6.97. The number of ketones is 1. The van der Waals surface area contributed by atoms with Crippen LogP contribution in [0.25, 0.3) is 10.9 Å². The van der Waals surface area contributed by atoms with E-state index < -0.39 is 0 Å². The smallest absolute Gasteiger partial charge is 0.239 e. The molecule has 1 N–H and O–H groups in total. The molecule has 0 bridgehead atoms. The summed E-state index contributed by atoms with van der Waals surface area (Å²) in [7, 11) is 0. The summed E-state index contributed by atoms with van der Waals surface area (Å²) in [6, 6.07) is 27.0. The second-order valence-electron chi connectivity index (χ2n) is 6.97. The van der Waals surface area contributed by atoms with E-state index in [1.807, 2.05) is 89.5 Å². The monoisotopic (exact) mass is 382 g/mol. The van der Waals surface area contributed by atoms with Gasteiger partial charge in [0.15, 0.2) is 5.78 Å². The number of fused-ring (bicyclic) bond motifs is 1. The molecule has 0 aliphatic rings. The lowest BCUT2D eigenvalue weighted by Crippen LogP contribution is -2.29. The first-order chi connectivity index (χ1) is 14.2. The molecule has 3 aromatic carbocycles. The van der Waals surface area contributed by atoms with Crippen LogP contribution in [-0.2, 0) is 17.8 Å². The van der Waals surface area contributed by atoms with Gasteiger partial charge in [-0.05, 0) is 18.1 Å². The zero-order chi connectivity index (χ0) is 20.1. The Morgan fingerprint density at radius 1 is 0.793 bits per heavy atom. The van der Waals surface area contributed by atoms with E-state index in [4.69, 9.17) is 0 Å². The van der Waals surface area contributed by atoms with Crippen molar-refractivity contribution in [2.24, 2.45) is 0 Å². The zero-order valence-corrected chi connectivity index (χ0v) is 16.0. The Morgan fingerprint density at radius 3 is 2.21 bits per heavy atom. The van der Waals surface area contributed by atoms with E-state index in [1.54, 1.807) is 6.20 Å². The number of carbonyl (C=O) groups excluding carboxylic acids is 2. The quantitative estimate of drug-likeness (QED) is 0.486. The Balaban J connectivity index is 1.50. The predicted octanol–water partition coefficient (Wildman–Crippen LogP) is 4.23. The van der Waals surface area contributed by atoms with Crippen molar-refractivity contribution in [3.8, 4) is 0 Å². The van der Waals surface area contributed by atoms with Gasteiger partial charge in [-0.25, -0.2) is 0 Å². The van der Waals surface area contributed by atoms with Gasteiger partial charge >= 0.3 is 0 Å². The standard InChI is InChI=1S/C25H22N2O2/c28-24(26-16-15-19-9-3-1-4-10-19)18-27-17-22(21-13-7-8-14-23(21)27)25(29)20-11-5-2-6-12-20/h1-14,17H,15-16,18H2,(H,26,28). The minimum Gasteiger partial charge on any atom is -0.354 e. The molecule has 0 spiro atoms. The minimum atomic E-state index is -0.0691. The molecule has 0 atom stereocenters. The summed E-state index contributed by atoms with van der Waals surface area (Å²) in [5.74, 6) is -0.106. The lowest BCUT2D eigenvalue weighted by molar-refractivity contribution is -0.121. The van der Waals surface area contributed by atoms with Crippen molar-refractivity contribution in [2.75, 3.05) is 6.54 Å². The van der Waals surface area contributed by atoms with Gasteiger partial charge in [-0.1, -0.05) is 78.9 Å². The van der Waals surface area contributed by atoms with Crippen LogP contribution in [0.2, 0.25) is 0 Å². The highest BCUT2D eigenvalue weighted by atomic mass is 16.2. The van der Waals surface area contributed by atoms with Crippen LogP contribution in [0.15, 0.2) is 91.1 Å². The molecule has 4 aromatic rings. The van der Waals surface area contributed by atoms with E-state index in [2.05, 4.69) is 5.32 Å². The SMILES string of the molecule is O=C(Cn1cc(C(=O)c2ccccc2)c2ccccc21)NCCc1ccccc1. The molecular weight excluding hydrogens is 360 g/mol. The summed E-state index contributed by atoms with van der Waals surface area (Å²) < 4.78 is 1.85. The van der Waals surface area contributed by atoms with Gasteiger partial charge < -0.3 is 9.88 Å². The van der Waals surface area contributed by atoms with Gasteiger partial charge in [0.25, 0.3) is 0 Å². The van der Waals surface area contributed by atoms with Crippen molar-refractivity contribution in [1.29, 1.82) is 0 Å². The van der Waals surface area contributed by atoms with Crippen molar-refractivity contribution < 1.29 is 9.59 Å². The van der Waals surface area contributed by atoms with Crippen LogP contribution in [0.4, 0.5) is 0 Å². The van der Waals surface area contributed by atoms with E-state index in [-0.39, 0.29) is 18.2 Å². The van der Waals surface area contributed by atoms with Crippen molar-refractivity contribution in [2.45, 2.75) is 13.0 Å². The first kappa shape index (κ1) is 18.7. The first-order valence-electron chi connectivity index (χ1n) is 9.70. The highest BCUT2D eigenvalue weighted by Gasteiger charge is 2.17. The normalized spacial score (nSPS) is 10.8. The molecule has 0 saturated heterocycles. The maximum Gasteiger partial charge on any atom is 0.239 e. The second kappa shape index (κ2) is 8.57. The number of aromatic nitrogens is 1. The Labute approximate surface area is 169 Å². The minimum absolute atomic E-state index is 0.0370. The third-order valence-corrected chi connectivity index (χ3v) is 4.96. The molecule has 1 heterocycles. The third kappa shape index (κ3) is 4.27. The summed E-state index contributed by atoms with van der Waals surface area (Å²) in [4.78, 5) is 25.5. The number of carbonyl (C=O) groups is 2. The van der Waals surface area contributed by atoms with E-state index >= 15 is 0 Å². The fourth-order valence-electron chi connectivity index (χ4n) is 3.51. The van der Waals surface area contributed by atoms with E-state index in [1.165, 1.54) is 5.56 Å². The summed E-state index contributed by atoms with van der Waals surface area (Å²) in [5.41, 5.74) is 3.33. The average molecular weight is 382 g/mol.